The van der Waals surface area contributed by atoms with Crippen LogP contribution < -0.4 is 5.32 Å². The van der Waals surface area contributed by atoms with Gasteiger partial charge in [-0.25, -0.2) is 13.2 Å². The van der Waals surface area contributed by atoms with Crippen LogP contribution in [0.1, 0.15) is 0 Å². The van der Waals surface area contributed by atoms with Gasteiger partial charge in [0.25, 0.3) is 0 Å². The maximum absolute atomic E-state index is 12.6. The van der Waals surface area contributed by atoms with Crippen LogP contribution in [0.2, 0.25) is 5.02 Å². The lowest BCUT2D eigenvalue weighted by Crippen LogP contribution is -2.16. The molecule has 0 spiro atoms. The van der Waals surface area contributed by atoms with Crippen molar-refractivity contribution in [1.82, 2.24) is 0 Å². The first-order valence-electron chi connectivity index (χ1n) is 6.56. The van der Waals surface area contributed by atoms with Crippen molar-refractivity contribution in [2.24, 2.45) is 0 Å². The van der Waals surface area contributed by atoms with Crippen LogP contribution in [0.3, 0.4) is 0 Å². The van der Waals surface area contributed by atoms with Crippen molar-refractivity contribution in [1.29, 1.82) is 0 Å². The Morgan fingerprint density at radius 2 is 1.70 bits per heavy atom. The molecule has 0 aliphatic rings. The summed E-state index contributed by atoms with van der Waals surface area (Å²) < 4.78 is 29.8. The Kier molecular flexibility index (Phi) is 5.41. The summed E-state index contributed by atoms with van der Waals surface area (Å²) in [5, 5.41) is 3.18. The number of sulfone groups is 1. The van der Waals surface area contributed by atoms with E-state index in [9.17, 15) is 13.2 Å². The molecular weight excluding hydrogens is 338 g/mol. The van der Waals surface area contributed by atoms with Crippen LogP contribution in [0.5, 0.6) is 0 Å². The fourth-order valence-corrected chi connectivity index (χ4v) is 3.16. The highest BCUT2D eigenvalue weighted by atomic mass is 35.5. The number of rotatable bonds is 5. The molecule has 5 nitrogen and oxygen atoms in total. The fraction of sp³-hybridized carbons (Fsp3) is 0.0625. The van der Waals surface area contributed by atoms with Crippen LogP contribution in [-0.2, 0) is 19.4 Å². The van der Waals surface area contributed by atoms with E-state index in [0.717, 1.165) is 13.3 Å². The largest absolute Gasteiger partial charge is 0.465 e. The van der Waals surface area contributed by atoms with Gasteiger partial charge in [-0.1, -0.05) is 29.8 Å². The van der Waals surface area contributed by atoms with Crippen LogP contribution in [0.4, 0.5) is 5.69 Å². The summed E-state index contributed by atoms with van der Waals surface area (Å²) >= 11 is 5.76. The second-order valence-electron chi connectivity index (χ2n) is 4.47. The molecule has 0 aromatic heterocycles. The van der Waals surface area contributed by atoms with E-state index in [0.29, 0.717) is 10.7 Å². The molecular formula is C16H14ClNO4S. The second-order valence-corrected chi connectivity index (χ2v) is 6.82. The molecule has 0 unspecified atom stereocenters. The van der Waals surface area contributed by atoms with Gasteiger partial charge in [-0.3, -0.25) is 0 Å². The van der Waals surface area contributed by atoms with E-state index in [1.165, 1.54) is 24.3 Å². The van der Waals surface area contributed by atoms with Crippen molar-refractivity contribution >= 4 is 33.1 Å². The number of benzene rings is 2. The van der Waals surface area contributed by atoms with Crippen LogP contribution in [0.15, 0.2) is 70.6 Å². The van der Waals surface area contributed by atoms with E-state index in [-0.39, 0.29) is 4.90 Å². The molecule has 0 atom stereocenters. The van der Waals surface area contributed by atoms with E-state index >= 15 is 0 Å². The molecule has 0 bridgehead atoms. The number of carbonyl (C=O) groups is 1. The molecule has 0 aliphatic heterocycles. The van der Waals surface area contributed by atoms with Crippen molar-refractivity contribution in [2.75, 3.05) is 12.4 Å². The molecule has 2 rings (SSSR count). The van der Waals surface area contributed by atoms with E-state index in [2.05, 4.69) is 10.1 Å². The summed E-state index contributed by atoms with van der Waals surface area (Å²) in [4.78, 5) is 11.3. The highest BCUT2D eigenvalue weighted by molar-refractivity contribution is 7.96. The predicted molar refractivity (Wildman–Crippen MR) is 88.8 cm³/mol. The quantitative estimate of drug-likeness (QED) is 0.661. The van der Waals surface area contributed by atoms with Crippen LogP contribution >= 0.6 is 11.6 Å². The molecule has 0 radical (unpaired) electrons. The highest BCUT2D eigenvalue weighted by Gasteiger charge is 2.28. The first-order valence-corrected chi connectivity index (χ1v) is 8.42. The molecule has 0 saturated carbocycles. The van der Waals surface area contributed by atoms with Crippen LogP contribution in [0, 0.1) is 0 Å². The number of hydrogen-bond donors (Lipinski definition) is 1. The van der Waals surface area contributed by atoms with Gasteiger partial charge in [0, 0.05) is 16.9 Å². The Morgan fingerprint density at radius 3 is 2.26 bits per heavy atom. The van der Waals surface area contributed by atoms with Gasteiger partial charge >= 0.3 is 5.97 Å². The van der Waals surface area contributed by atoms with Crippen LogP contribution in [-0.4, -0.2) is 21.5 Å². The molecule has 2 aromatic rings. The molecule has 7 heteroatoms. The summed E-state index contributed by atoms with van der Waals surface area (Å²) in [7, 11) is -2.91. The zero-order valence-electron chi connectivity index (χ0n) is 12.2. The molecule has 0 aliphatic carbocycles. The first-order chi connectivity index (χ1) is 10.9. The number of carbonyl (C=O) groups excluding carboxylic acids is 1. The molecule has 0 fully saturated rings. The van der Waals surface area contributed by atoms with Crippen molar-refractivity contribution in [3.63, 3.8) is 0 Å². The molecule has 0 amide bonds. The molecule has 0 saturated heterocycles. The van der Waals surface area contributed by atoms with E-state index in [4.69, 9.17) is 11.6 Å². The SMILES string of the molecule is COC(=O)/C(=C/Nc1ccccc1)S(=O)(=O)c1ccc(Cl)cc1. The van der Waals surface area contributed by atoms with E-state index < -0.39 is 20.7 Å². The lowest BCUT2D eigenvalue weighted by atomic mass is 10.3. The minimum absolute atomic E-state index is 0.0478. The Bertz CT molecular complexity index is 815. The Balaban J connectivity index is 2.41. The monoisotopic (exact) mass is 351 g/mol. The summed E-state index contributed by atoms with van der Waals surface area (Å²) in [6, 6.07) is 14.4. The van der Waals surface area contributed by atoms with Gasteiger partial charge in [-0.15, -0.1) is 0 Å². The normalized spacial score (nSPS) is 11.8. The standard InChI is InChI=1S/C16H14ClNO4S/c1-22-16(19)15(11-18-13-5-3-2-4-6-13)23(20,21)14-9-7-12(17)8-10-14/h2-11,18H,1H3/b15-11-. The maximum Gasteiger partial charge on any atom is 0.351 e. The third kappa shape index (κ3) is 4.12. The average molecular weight is 352 g/mol. The zero-order valence-corrected chi connectivity index (χ0v) is 13.8. The second kappa shape index (κ2) is 7.30. The van der Waals surface area contributed by atoms with Gasteiger partial charge in [0.2, 0.25) is 9.84 Å². The van der Waals surface area contributed by atoms with Gasteiger partial charge in [-0.2, -0.15) is 0 Å². The van der Waals surface area contributed by atoms with E-state index in [1.807, 2.05) is 6.07 Å². The van der Waals surface area contributed by atoms with Gasteiger partial charge in [0.05, 0.1) is 12.0 Å². The zero-order chi connectivity index (χ0) is 16.9. The molecule has 0 heterocycles. The van der Waals surface area contributed by atoms with Gasteiger partial charge in [-0.05, 0) is 36.4 Å². The molecule has 23 heavy (non-hydrogen) atoms. The Labute approximate surface area is 139 Å². The van der Waals surface area contributed by atoms with Crippen molar-refractivity contribution in [3.8, 4) is 0 Å². The third-order valence-corrected chi connectivity index (χ3v) is 4.95. The minimum Gasteiger partial charge on any atom is -0.465 e. The fourth-order valence-electron chi connectivity index (χ4n) is 1.77. The number of halogens is 1. The third-order valence-electron chi connectivity index (χ3n) is 2.94. The smallest absolute Gasteiger partial charge is 0.351 e. The Morgan fingerprint density at radius 1 is 1.09 bits per heavy atom. The predicted octanol–water partition coefficient (Wildman–Crippen LogP) is 3.24. The Hall–Kier alpha value is -2.31. The van der Waals surface area contributed by atoms with Gasteiger partial charge in [0.15, 0.2) is 4.91 Å². The summed E-state index contributed by atoms with van der Waals surface area (Å²) in [5.41, 5.74) is 0.639. The first kappa shape index (κ1) is 17.1. The summed E-state index contributed by atoms with van der Waals surface area (Å²) in [6.07, 6.45) is 1.12. The van der Waals surface area contributed by atoms with Crippen molar-refractivity contribution in [3.05, 3.63) is 70.7 Å². The minimum atomic E-state index is -4.03. The summed E-state index contributed by atoms with van der Waals surface area (Å²) in [5.74, 6) is -0.955. The molecule has 2 aromatic carbocycles. The number of methoxy groups -OCH3 is 1. The average Bonchev–Trinajstić information content (AvgIpc) is 2.56. The number of esters is 1. The van der Waals surface area contributed by atoms with Crippen molar-refractivity contribution in [2.45, 2.75) is 4.90 Å². The maximum atomic E-state index is 12.6. The van der Waals surface area contributed by atoms with Gasteiger partial charge in [0.1, 0.15) is 0 Å². The molecule has 1 N–H and O–H groups in total. The number of hydrogen-bond acceptors (Lipinski definition) is 5. The topological polar surface area (TPSA) is 72.5 Å². The number of ether oxygens (including phenoxy) is 1. The summed E-state index contributed by atoms with van der Waals surface area (Å²) in [6.45, 7) is 0. The number of anilines is 1. The van der Waals surface area contributed by atoms with Gasteiger partial charge < -0.3 is 10.1 Å². The van der Waals surface area contributed by atoms with E-state index in [1.54, 1.807) is 24.3 Å². The number of para-hydroxylation sites is 1. The lowest BCUT2D eigenvalue weighted by molar-refractivity contribution is -0.135. The lowest BCUT2D eigenvalue weighted by Gasteiger charge is -2.09. The van der Waals surface area contributed by atoms with Crippen molar-refractivity contribution < 1.29 is 17.9 Å². The van der Waals surface area contributed by atoms with Crippen LogP contribution in [0.25, 0.3) is 0 Å². The number of nitrogens with one attached hydrogen (secondary N) is 1. The molecule has 120 valence electrons. The highest BCUT2D eigenvalue weighted by Crippen LogP contribution is 2.22.